The second kappa shape index (κ2) is 9.94. The Balaban J connectivity index is 0.00000289. The molecule has 168 valence electrons. The van der Waals surface area contributed by atoms with E-state index in [-0.39, 0.29) is 18.1 Å². The Labute approximate surface area is 192 Å². The third kappa shape index (κ3) is 4.82. The van der Waals surface area contributed by atoms with Crippen LogP contribution in [0, 0.1) is 11.3 Å². The molecule has 0 atom stereocenters. The number of nitrogens with zero attached hydrogens (tertiary/aromatic N) is 5. The number of ether oxygens (including phenoxy) is 1. The van der Waals surface area contributed by atoms with Gasteiger partial charge in [-0.2, -0.15) is 10.4 Å². The molecule has 1 aliphatic heterocycles. The normalized spacial score (nSPS) is 15.4. The van der Waals surface area contributed by atoms with Crippen molar-refractivity contribution in [2.45, 2.75) is 25.4 Å². The number of nitriles is 1. The number of likely N-dealkylation sites (tertiary alicyclic amines) is 1. The fraction of sp³-hybridized carbons (Fsp3) is 0.364. The van der Waals surface area contributed by atoms with Gasteiger partial charge in [-0.15, -0.1) is 12.4 Å². The number of rotatable bonds is 6. The van der Waals surface area contributed by atoms with E-state index in [1.807, 2.05) is 24.3 Å². The fourth-order valence-corrected chi connectivity index (χ4v) is 3.81. The zero-order chi connectivity index (χ0) is 21.8. The summed E-state index contributed by atoms with van der Waals surface area (Å²) in [4.78, 5) is 10.4. The van der Waals surface area contributed by atoms with Gasteiger partial charge in [0, 0.05) is 24.7 Å². The largest absolute Gasteiger partial charge is 0.496 e. The van der Waals surface area contributed by atoms with Crippen LogP contribution in [-0.4, -0.2) is 51.8 Å². The number of hydrogen-bond donors (Lipinski definition) is 2. The van der Waals surface area contributed by atoms with E-state index < -0.39 is 5.67 Å². The summed E-state index contributed by atoms with van der Waals surface area (Å²) < 4.78 is 21.2. The van der Waals surface area contributed by atoms with E-state index >= 15 is 4.39 Å². The van der Waals surface area contributed by atoms with Gasteiger partial charge in [-0.25, -0.2) is 14.4 Å². The van der Waals surface area contributed by atoms with Crippen molar-refractivity contribution in [1.29, 1.82) is 5.26 Å². The molecule has 1 aliphatic rings. The quantitative estimate of drug-likeness (QED) is 0.572. The minimum absolute atomic E-state index is 0. The Hall–Kier alpha value is -3.22. The summed E-state index contributed by atoms with van der Waals surface area (Å²) in [6, 6.07) is 9.22. The lowest BCUT2D eigenvalue weighted by molar-refractivity contribution is 0.0583. The van der Waals surface area contributed by atoms with E-state index in [1.165, 1.54) is 12.4 Å². The zero-order valence-electron chi connectivity index (χ0n) is 17.9. The summed E-state index contributed by atoms with van der Waals surface area (Å²) in [5.74, 6) is 1.59. The molecule has 3 heterocycles. The Morgan fingerprint density at radius 1 is 1.22 bits per heavy atom. The summed E-state index contributed by atoms with van der Waals surface area (Å²) in [6.45, 7) is 4.56. The number of piperidine rings is 1. The van der Waals surface area contributed by atoms with Gasteiger partial charge in [0.2, 0.25) is 0 Å². The minimum atomic E-state index is -1.34. The van der Waals surface area contributed by atoms with Crippen molar-refractivity contribution in [3.8, 4) is 23.1 Å². The molecule has 32 heavy (non-hydrogen) atoms. The van der Waals surface area contributed by atoms with Crippen molar-refractivity contribution in [3.63, 3.8) is 0 Å². The average Bonchev–Trinajstić information content (AvgIpc) is 3.28. The molecule has 1 saturated heterocycles. The molecule has 0 radical (unpaired) electrons. The molecule has 0 aliphatic carbocycles. The molecule has 0 unspecified atom stereocenters. The third-order valence-corrected chi connectivity index (χ3v) is 5.71. The van der Waals surface area contributed by atoms with Crippen molar-refractivity contribution < 1.29 is 9.13 Å². The van der Waals surface area contributed by atoms with Crippen molar-refractivity contribution in [2.24, 2.45) is 0 Å². The standard InChI is InChI=1S/C22H24FN7O.ClH/c1-3-30-8-6-22(23,7-9-30)15-4-5-17(19(10-15)31-2)18-11-20(29-28-18)27-21-14-25-16(12-24)13-26-21;/h4-5,10-11,13-14H,3,6-9H2,1-2H3,(H2,26,27,28,29);1H. The first-order valence-corrected chi connectivity index (χ1v) is 10.2. The average molecular weight is 458 g/mol. The second-order valence-electron chi connectivity index (χ2n) is 7.51. The van der Waals surface area contributed by atoms with Crippen LogP contribution in [0.2, 0.25) is 0 Å². The van der Waals surface area contributed by atoms with Gasteiger partial charge in [0.25, 0.3) is 0 Å². The Bertz CT molecular complexity index is 1090. The van der Waals surface area contributed by atoms with Crippen molar-refractivity contribution in [1.82, 2.24) is 25.1 Å². The first-order valence-electron chi connectivity index (χ1n) is 10.2. The monoisotopic (exact) mass is 457 g/mol. The molecule has 2 N–H and O–H groups in total. The highest BCUT2D eigenvalue weighted by atomic mass is 35.5. The van der Waals surface area contributed by atoms with E-state index in [4.69, 9.17) is 10.00 Å². The van der Waals surface area contributed by atoms with Crippen LogP contribution in [0.25, 0.3) is 11.3 Å². The molecule has 10 heteroatoms. The van der Waals surface area contributed by atoms with Gasteiger partial charge in [0.15, 0.2) is 11.5 Å². The van der Waals surface area contributed by atoms with Crippen molar-refractivity contribution in [3.05, 3.63) is 47.9 Å². The maximum Gasteiger partial charge on any atom is 0.158 e. The van der Waals surface area contributed by atoms with Gasteiger partial charge in [-0.1, -0.05) is 13.0 Å². The summed E-state index contributed by atoms with van der Waals surface area (Å²) in [6.07, 6.45) is 3.81. The van der Waals surface area contributed by atoms with Crippen LogP contribution >= 0.6 is 12.4 Å². The molecule has 1 fully saturated rings. The molecule has 0 spiro atoms. The highest BCUT2D eigenvalue weighted by molar-refractivity contribution is 5.85. The molecule has 0 saturated carbocycles. The topological polar surface area (TPSA) is 103 Å². The number of nitrogens with one attached hydrogen (secondary N) is 2. The predicted molar refractivity (Wildman–Crippen MR) is 122 cm³/mol. The number of halogens is 2. The van der Waals surface area contributed by atoms with E-state index in [9.17, 15) is 0 Å². The predicted octanol–water partition coefficient (Wildman–Crippen LogP) is 4.19. The number of aromatic amines is 1. The van der Waals surface area contributed by atoms with Gasteiger partial charge in [-0.3, -0.25) is 5.10 Å². The maximum atomic E-state index is 15.6. The second-order valence-corrected chi connectivity index (χ2v) is 7.51. The number of alkyl halides is 1. The first-order chi connectivity index (χ1) is 15.0. The Morgan fingerprint density at radius 2 is 2.00 bits per heavy atom. The molecular formula is C22H25ClFN7O. The van der Waals surface area contributed by atoms with E-state index in [1.54, 1.807) is 13.2 Å². The van der Waals surface area contributed by atoms with Gasteiger partial charge in [-0.05, 0) is 37.1 Å². The molecule has 4 rings (SSSR count). The van der Waals surface area contributed by atoms with Crippen LogP contribution in [-0.2, 0) is 5.67 Å². The number of aromatic nitrogens is 4. The highest BCUT2D eigenvalue weighted by Gasteiger charge is 2.36. The summed E-state index contributed by atoms with van der Waals surface area (Å²) in [7, 11) is 1.58. The molecule has 3 aromatic rings. The molecular weight excluding hydrogens is 433 g/mol. The highest BCUT2D eigenvalue weighted by Crippen LogP contribution is 2.41. The van der Waals surface area contributed by atoms with Crippen molar-refractivity contribution >= 4 is 24.0 Å². The molecule has 1 aromatic carbocycles. The molecule has 0 amide bonds. The Morgan fingerprint density at radius 3 is 2.62 bits per heavy atom. The SMILES string of the molecule is CCN1CCC(F)(c2ccc(-c3cc(Nc4cnc(C#N)cn4)n[nH]3)c(OC)c2)CC1.Cl. The number of H-pyrrole nitrogens is 1. The van der Waals surface area contributed by atoms with Gasteiger partial charge in [0.05, 0.1) is 25.2 Å². The van der Waals surface area contributed by atoms with E-state index in [0.29, 0.717) is 35.8 Å². The molecule has 8 nitrogen and oxygen atoms in total. The number of methoxy groups -OCH3 is 1. The van der Waals surface area contributed by atoms with Crippen LogP contribution in [0.3, 0.4) is 0 Å². The lowest BCUT2D eigenvalue weighted by Crippen LogP contribution is -2.40. The van der Waals surface area contributed by atoms with Crippen LogP contribution in [0.4, 0.5) is 16.0 Å². The van der Waals surface area contributed by atoms with Gasteiger partial charge in [0.1, 0.15) is 23.3 Å². The Kier molecular flexibility index (Phi) is 7.28. The zero-order valence-corrected chi connectivity index (χ0v) is 18.7. The molecule has 0 bridgehead atoms. The van der Waals surface area contributed by atoms with Crippen LogP contribution in [0.1, 0.15) is 31.0 Å². The minimum Gasteiger partial charge on any atom is -0.496 e. The summed E-state index contributed by atoms with van der Waals surface area (Å²) in [5.41, 5.74) is 1.05. The van der Waals surface area contributed by atoms with E-state index in [0.717, 1.165) is 30.9 Å². The number of benzene rings is 1. The van der Waals surface area contributed by atoms with Crippen LogP contribution < -0.4 is 10.1 Å². The fourth-order valence-electron chi connectivity index (χ4n) is 3.81. The van der Waals surface area contributed by atoms with Crippen LogP contribution in [0.15, 0.2) is 36.7 Å². The maximum absolute atomic E-state index is 15.6. The lowest BCUT2D eigenvalue weighted by atomic mass is 9.85. The third-order valence-electron chi connectivity index (χ3n) is 5.71. The van der Waals surface area contributed by atoms with Crippen LogP contribution in [0.5, 0.6) is 5.75 Å². The van der Waals surface area contributed by atoms with E-state index in [2.05, 4.69) is 37.3 Å². The number of anilines is 2. The van der Waals surface area contributed by atoms with Crippen molar-refractivity contribution in [2.75, 3.05) is 32.1 Å². The first kappa shape index (κ1) is 23.4. The smallest absolute Gasteiger partial charge is 0.158 e. The van der Waals surface area contributed by atoms with Gasteiger partial charge >= 0.3 is 0 Å². The van der Waals surface area contributed by atoms with Gasteiger partial charge < -0.3 is 15.0 Å². The lowest BCUT2D eigenvalue weighted by Gasteiger charge is -2.36. The summed E-state index contributed by atoms with van der Waals surface area (Å²) in [5, 5.41) is 19.1. The number of hydrogen-bond acceptors (Lipinski definition) is 7. The summed E-state index contributed by atoms with van der Waals surface area (Å²) >= 11 is 0. The molecule has 2 aromatic heterocycles.